The molecule has 3 rings (SSSR count). The molecule has 0 radical (unpaired) electrons. The van der Waals surface area contributed by atoms with Crippen molar-refractivity contribution < 1.29 is 8.42 Å². The molecule has 7 heteroatoms. The standard InChI is InChI=1S/C13H15N3O2S.ClH/c17-19(18,9-10-5-6-14-7-10)13-8-15-11-3-1-2-4-12(11)16-13;/h1-4,8,10,14H,5-7,9H2;1H. The van der Waals surface area contributed by atoms with E-state index in [0.717, 1.165) is 19.5 Å². The lowest BCUT2D eigenvalue weighted by Gasteiger charge is -2.09. The van der Waals surface area contributed by atoms with Crippen LogP contribution in [0.4, 0.5) is 0 Å². The van der Waals surface area contributed by atoms with Crippen molar-refractivity contribution in [1.29, 1.82) is 0 Å². The maximum Gasteiger partial charge on any atom is 0.197 e. The fourth-order valence-electron chi connectivity index (χ4n) is 2.34. The van der Waals surface area contributed by atoms with Gasteiger partial charge in [0.05, 0.1) is 23.0 Å². The van der Waals surface area contributed by atoms with E-state index in [1.165, 1.54) is 6.20 Å². The second-order valence-corrected chi connectivity index (χ2v) is 6.82. The summed E-state index contributed by atoms with van der Waals surface area (Å²) in [6.07, 6.45) is 2.26. The van der Waals surface area contributed by atoms with Crippen LogP contribution in [0.2, 0.25) is 0 Å². The highest BCUT2D eigenvalue weighted by molar-refractivity contribution is 7.91. The number of nitrogens with zero attached hydrogens (tertiary/aromatic N) is 2. The van der Waals surface area contributed by atoms with Crippen molar-refractivity contribution in [3.63, 3.8) is 0 Å². The van der Waals surface area contributed by atoms with Crippen LogP contribution in [-0.2, 0) is 9.84 Å². The van der Waals surface area contributed by atoms with Gasteiger partial charge in [0.2, 0.25) is 0 Å². The Morgan fingerprint density at radius 3 is 2.70 bits per heavy atom. The number of para-hydroxylation sites is 2. The van der Waals surface area contributed by atoms with E-state index in [2.05, 4.69) is 15.3 Å². The Bertz CT molecular complexity index is 700. The highest BCUT2D eigenvalue weighted by Crippen LogP contribution is 2.18. The molecule has 2 aromatic rings. The largest absolute Gasteiger partial charge is 0.316 e. The molecule has 5 nitrogen and oxygen atoms in total. The summed E-state index contributed by atoms with van der Waals surface area (Å²) in [5.41, 5.74) is 1.33. The fraction of sp³-hybridized carbons (Fsp3) is 0.385. The Balaban J connectivity index is 0.00000147. The number of hydrogen-bond donors (Lipinski definition) is 1. The maximum atomic E-state index is 12.3. The fourth-order valence-corrected chi connectivity index (χ4v) is 3.87. The van der Waals surface area contributed by atoms with E-state index in [-0.39, 0.29) is 29.1 Å². The number of sulfone groups is 1. The molecule has 0 bridgehead atoms. The van der Waals surface area contributed by atoms with E-state index >= 15 is 0 Å². The van der Waals surface area contributed by atoms with E-state index in [1.54, 1.807) is 6.07 Å². The van der Waals surface area contributed by atoms with E-state index in [0.29, 0.717) is 11.0 Å². The summed E-state index contributed by atoms with van der Waals surface area (Å²) in [5, 5.41) is 3.26. The monoisotopic (exact) mass is 313 g/mol. The molecular formula is C13H16ClN3O2S. The summed E-state index contributed by atoms with van der Waals surface area (Å²) in [6.45, 7) is 1.66. The van der Waals surface area contributed by atoms with Crippen LogP contribution in [0.5, 0.6) is 0 Å². The van der Waals surface area contributed by atoms with E-state index < -0.39 is 9.84 Å². The highest BCUT2D eigenvalue weighted by Gasteiger charge is 2.25. The van der Waals surface area contributed by atoms with Crippen molar-refractivity contribution in [2.75, 3.05) is 18.8 Å². The normalized spacial score (nSPS) is 18.9. The van der Waals surface area contributed by atoms with Gasteiger partial charge in [0, 0.05) is 0 Å². The first-order valence-corrected chi connectivity index (χ1v) is 7.96. The lowest BCUT2D eigenvalue weighted by atomic mass is 10.2. The second kappa shape index (κ2) is 6.03. The SMILES string of the molecule is Cl.O=S(=O)(CC1CCNC1)c1cnc2ccccc2n1. The number of aromatic nitrogens is 2. The molecule has 1 fully saturated rings. The van der Waals surface area contributed by atoms with Gasteiger partial charge in [0.15, 0.2) is 14.9 Å². The van der Waals surface area contributed by atoms with Crippen LogP contribution in [-0.4, -0.2) is 37.2 Å². The van der Waals surface area contributed by atoms with Crippen molar-refractivity contribution in [3.05, 3.63) is 30.5 Å². The zero-order valence-corrected chi connectivity index (χ0v) is 12.5. The molecule has 1 saturated heterocycles. The van der Waals surface area contributed by atoms with Gasteiger partial charge in [0.25, 0.3) is 0 Å². The van der Waals surface area contributed by atoms with Crippen LogP contribution in [0.3, 0.4) is 0 Å². The van der Waals surface area contributed by atoms with Gasteiger partial charge in [-0.3, -0.25) is 4.98 Å². The van der Waals surface area contributed by atoms with Crippen LogP contribution in [0.1, 0.15) is 6.42 Å². The Hall–Kier alpha value is -1.24. The van der Waals surface area contributed by atoms with E-state index in [9.17, 15) is 8.42 Å². The van der Waals surface area contributed by atoms with Gasteiger partial charge >= 0.3 is 0 Å². The predicted octanol–water partition coefficient (Wildman–Crippen LogP) is 1.43. The van der Waals surface area contributed by atoms with Gasteiger partial charge < -0.3 is 5.32 Å². The van der Waals surface area contributed by atoms with Crippen LogP contribution in [0, 0.1) is 5.92 Å². The molecule has 20 heavy (non-hydrogen) atoms. The summed E-state index contributed by atoms with van der Waals surface area (Å²) in [5.74, 6) is 0.325. The Labute approximate surface area is 124 Å². The third-order valence-electron chi connectivity index (χ3n) is 3.36. The van der Waals surface area contributed by atoms with Gasteiger partial charge in [0.1, 0.15) is 0 Å². The third kappa shape index (κ3) is 3.08. The predicted molar refractivity (Wildman–Crippen MR) is 79.8 cm³/mol. The van der Waals surface area contributed by atoms with Gasteiger partial charge in [-0.25, -0.2) is 13.4 Å². The van der Waals surface area contributed by atoms with E-state index in [1.807, 2.05) is 18.2 Å². The summed E-state index contributed by atoms with van der Waals surface area (Å²) in [7, 11) is -3.35. The average molecular weight is 314 g/mol. The smallest absolute Gasteiger partial charge is 0.197 e. The van der Waals surface area contributed by atoms with E-state index in [4.69, 9.17) is 0 Å². The Kier molecular flexibility index (Phi) is 4.57. The first-order valence-electron chi connectivity index (χ1n) is 6.30. The number of benzene rings is 1. The Morgan fingerprint density at radius 2 is 2.00 bits per heavy atom. The molecule has 0 saturated carbocycles. The zero-order chi connectivity index (χ0) is 13.3. The number of nitrogens with one attached hydrogen (secondary N) is 1. The minimum atomic E-state index is -3.35. The second-order valence-electron chi connectivity index (χ2n) is 4.84. The molecule has 0 spiro atoms. The summed E-state index contributed by atoms with van der Waals surface area (Å²) in [4.78, 5) is 8.38. The quantitative estimate of drug-likeness (QED) is 0.928. The van der Waals surface area contributed by atoms with Crippen LogP contribution in [0.25, 0.3) is 11.0 Å². The molecule has 2 heterocycles. The lowest BCUT2D eigenvalue weighted by molar-refractivity contribution is 0.567. The molecule has 0 aliphatic carbocycles. The zero-order valence-electron chi connectivity index (χ0n) is 10.8. The molecule has 1 aromatic carbocycles. The molecule has 0 amide bonds. The van der Waals surface area contributed by atoms with Crippen molar-refractivity contribution in [1.82, 2.24) is 15.3 Å². The molecule has 1 aliphatic rings. The van der Waals surface area contributed by atoms with Gasteiger partial charge in [-0.05, 0) is 37.6 Å². The van der Waals surface area contributed by atoms with Gasteiger partial charge in [-0.15, -0.1) is 12.4 Å². The van der Waals surface area contributed by atoms with Gasteiger partial charge in [-0.1, -0.05) is 12.1 Å². The average Bonchev–Trinajstić information content (AvgIpc) is 2.90. The molecule has 1 aliphatic heterocycles. The third-order valence-corrected chi connectivity index (χ3v) is 5.11. The van der Waals surface area contributed by atoms with Gasteiger partial charge in [-0.2, -0.15) is 0 Å². The highest BCUT2D eigenvalue weighted by atomic mass is 35.5. The minimum Gasteiger partial charge on any atom is -0.316 e. The van der Waals surface area contributed by atoms with Crippen molar-refractivity contribution >= 4 is 33.3 Å². The molecule has 108 valence electrons. The van der Waals surface area contributed by atoms with Crippen LogP contribution >= 0.6 is 12.4 Å². The molecule has 1 aromatic heterocycles. The molecule has 1 N–H and O–H groups in total. The molecule has 1 unspecified atom stereocenters. The molecular weight excluding hydrogens is 298 g/mol. The summed E-state index contributed by atoms with van der Waals surface area (Å²) in [6, 6.07) is 7.28. The number of halogens is 1. The van der Waals surface area contributed by atoms with Crippen molar-refractivity contribution in [3.8, 4) is 0 Å². The lowest BCUT2D eigenvalue weighted by Crippen LogP contribution is -2.19. The summed E-state index contributed by atoms with van der Waals surface area (Å²) >= 11 is 0. The number of fused-ring (bicyclic) bond motifs is 1. The minimum absolute atomic E-state index is 0. The molecule has 1 atom stereocenters. The first kappa shape index (κ1) is 15.2. The number of rotatable bonds is 3. The Morgan fingerprint density at radius 1 is 1.25 bits per heavy atom. The van der Waals surface area contributed by atoms with Crippen LogP contribution < -0.4 is 5.32 Å². The van der Waals surface area contributed by atoms with Crippen molar-refractivity contribution in [2.45, 2.75) is 11.4 Å². The topological polar surface area (TPSA) is 72.0 Å². The van der Waals surface area contributed by atoms with Crippen LogP contribution in [0.15, 0.2) is 35.5 Å². The first-order chi connectivity index (χ1) is 9.15. The maximum absolute atomic E-state index is 12.3. The number of hydrogen-bond acceptors (Lipinski definition) is 5. The van der Waals surface area contributed by atoms with Crippen molar-refractivity contribution in [2.24, 2.45) is 5.92 Å². The summed E-state index contributed by atoms with van der Waals surface area (Å²) < 4.78 is 24.6.